The number of nitro groups is 1. The fourth-order valence-electron chi connectivity index (χ4n) is 2.12. The highest BCUT2D eigenvalue weighted by atomic mass is 16.6. The molecule has 0 fully saturated rings. The van der Waals surface area contributed by atoms with E-state index >= 15 is 0 Å². The molecule has 1 aromatic carbocycles. The minimum absolute atomic E-state index is 0.0106. The second kappa shape index (κ2) is 5.79. The third-order valence-corrected chi connectivity index (χ3v) is 3.12. The molecule has 0 spiro atoms. The summed E-state index contributed by atoms with van der Waals surface area (Å²) in [6.07, 6.45) is 2.95. The van der Waals surface area contributed by atoms with Crippen molar-refractivity contribution in [3.63, 3.8) is 0 Å². The zero-order valence-electron chi connectivity index (χ0n) is 12.5. The van der Waals surface area contributed by atoms with Crippen molar-refractivity contribution in [2.45, 2.75) is 13.8 Å². The van der Waals surface area contributed by atoms with Crippen molar-refractivity contribution in [1.82, 2.24) is 24.7 Å². The lowest BCUT2D eigenvalue weighted by atomic mass is 10.2. The Labute approximate surface area is 131 Å². The molecular formula is C14H13N7O2. The third kappa shape index (κ3) is 2.98. The Morgan fingerprint density at radius 1 is 1.30 bits per heavy atom. The van der Waals surface area contributed by atoms with Crippen molar-refractivity contribution in [2.75, 3.05) is 0 Å². The van der Waals surface area contributed by atoms with Crippen LogP contribution in [0.4, 0.5) is 5.69 Å². The molecule has 0 bridgehead atoms. The van der Waals surface area contributed by atoms with Gasteiger partial charge in [-0.25, -0.2) is 4.68 Å². The monoisotopic (exact) mass is 311 g/mol. The summed E-state index contributed by atoms with van der Waals surface area (Å²) in [6, 6.07) is 8.12. The van der Waals surface area contributed by atoms with E-state index in [4.69, 9.17) is 0 Å². The molecule has 2 aromatic heterocycles. The Morgan fingerprint density at radius 2 is 2.13 bits per heavy atom. The number of nitrogens with zero attached hydrogens (tertiary/aromatic N) is 7. The SMILES string of the molecule is Cc1cc(C)n(-c2nncn2/N=C\c2cccc([N+](=O)[O-])c2)n1. The number of benzene rings is 1. The van der Waals surface area contributed by atoms with Crippen LogP contribution in [0, 0.1) is 24.0 Å². The van der Waals surface area contributed by atoms with Crippen LogP contribution in [0.1, 0.15) is 17.0 Å². The van der Waals surface area contributed by atoms with E-state index in [1.54, 1.807) is 16.8 Å². The van der Waals surface area contributed by atoms with Crippen LogP contribution >= 0.6 is 0 Å². The van der Waals surface area contributed by atoms with Crippen LogP contribution in [0.3, 0.4) is 0 Å². The van der Waals surface area contributed by atoms with Gasteiger partial charge in [0.2, 0.25) is 0 Å². The Morgan fingerprint density at radius 3 is 2.83 bits per heavy atom. The summed E-state index contributed by atoms with van der Waals surface area (Å²) in [5.74, 6) is 0.442. The van der Waals surface area contributed by atoms with Gasteiger partial charge in [-0.3, -0.25) is 10.1 Å². The van der Waals surface area contributed by atoms with E-state index < -0.39 is 4.92 Å². The van der Waals surface area contributed by atoms with Gasteiger partial charge < -0.3 is 0 Å². The topological polar surface area (TPSA) is 104 Å². The number of hydrogen-bond acceptors (Lipinski definition) is 6. The predicted molar refractivity (Wildman–Crippen MR) is 82.7 cm³/mol. The highest BCUT2D eigenvalue weighted by Gasteiger charge is 2.10. The summed E-state index contributed by atoms with van der Waals surface area (Å²) in [4.78, 5) is 10.3. The van der Waals surface area contributed by atoms with Crippen molar-refractivity contribution in [3.8, 4) is 5.95 Å². The quantitative estimate of drug-likeness (QED) is 0.415. The molecule has 0 saturated heterocycles. The molecule has 3 rings (SSSR count). The number of non-ortho nitro benzene ring substituents is 1. The van der Waals surface area contributed by atoms with Crippen molar-refractivity contribution < 1.29 is 4.92 Å². The van der Waals surface area contributed by atoms with Crippen LogP contribution in [0.25, 0.3) is 5.95 Å². The summed E-state index contributed by atoms with van der Waals surface area (Å²) >= 11 is 0. The maximum absolute atomic E-state index is 10.8. The smallest absolute Gasteiger partial charge is 0.258 e. The van der Waals surface area contributed by atoms with E-state index in [2.05, 4.69) is 20.4 Å². The lowest BCUT2D eigenvalue weighted by molar-refractivity contribution is -0.384. The molecule has 2 heterocycles. The van der Waals surface area contributed by atoms with Crippen molar-refractivity contribution in [2.24, 2.45) is 5.10 Å². The van der Waals surface area contributed by atoms with Gasteiger partial charge >= 0.3 is 0 Å². The molecule has 0 unspecified atom stereocenters. The summed E-state index contributed by atoms with van der Waals surface area (Å²) in [5, 5.41) is 27.2. The van der Waals surface area contributed by atoms with Gasteiger partial charge in [0.25, 0.3) is 11.6 Å². The van der Waals surface area contributed by atoms with Crippen molar-refractivity contribution in [1.29, 1.82) is 0 Å². The van der Waals surface area contributed by atoms with Gasteiger partial charge in [-0.05, 0) is 19.9 Å². The largest absolute Gasteiger partial charge is 0.273 e. The van der Waals surface area contributed by atoms with Crippen LogP contribution < -0.4 is 0 Å². The number of aryl methyl sites for hydroxylation is 2. The fourth-order valence-corrected chi connectivity index (χ4v) is 2.12. The summed E-state index contributed by atoms with van der Waals surface area (Å²) < 4.78 is 3.09. The molecule has 0 radical (unpaired) electrons. The lowest BCUT2D eigenvalue weighted by Gasteiger charge is -2.02. The molecule has 9 nitrogen and oxygen atoms in total. The Balaban J connectivity index is 1.93. The minimum Gasteiger partial charge on any atom is -0.258 e. The maximum atomic E-state index is 10.8. The Bertz CT molecular complexity index is 894. The van der Waals surface area contributed by atoms with E-state index in [0.29, 0.717) is 11.5 Å². The van der Waals surface area contributed by atoms with Gasteiger partial charge in [-0.15, -0.1) is 10.2 Å². The van der Waals surface area contributed by atoms with Crippen molar-refractivity contribution >= 4 is 11.9 Å². The van der Waals surface area contributed by atoms with E-state index in [1.807, 2.05) is 19.9 Å². The normalized spacial score (nSPS) is 11.2. The van der Waals surface area contributed by atoms with Crippen LogP contribution in [-0.2, 0) is 0 Å². The molecule has 0 amide bonds. The van der Waals surface area contributed by atoms with Gasteiger partial charge in [-0.1, -0.05) is 12.1 Å². The first-order chi connectivity index (χ1) is 11.0. The Kier molecular flexibility index (Phi) is 3.67. The first-order valence-corrected chi connectivity index (χ1v) is 6.77. The van der Waals surface area contributed by atoms with Crippen LogP contribution in [0.5, 0.6) is 0 Å². The summed E-state index contributed by atoms with van der Waals surface area (Å²) in [7, 11) is 0. The highest BCUT2D eigenvalue weighted by molar-refractivity contribution is 5.80. The standard InChI is InChI=1S/C14H13N7O2/c1-10-6-11(2)20(18-10)14-17-15-9-19(14)16-8-12-4-3-5-13(7-12)21(22)23/h3-9H,1-2H3/b16-8-. The fraction of sp³-hybridized carbons (Fsp3) is 0.143. The second-order valence-electron chi connectivity index (χ2n) is 4.91. The Hall–Kier alpha value is -3.36. The lowest BCUT2D eigenvalue weighted by Crippen LogP contribution is -2.06. The summed E-state index contributed by atoms with van der Waals surface area (Å²) in [5.41, 5.74) is 2.38. The molecule has 0 aliphatic rings. The molecule has 23 heavy (non-hydrogen) atoms. The van der Waals surface area contributed by atoms with Gasteiger partial charge in [0.05, 0.1) is 16.8 Å². The van der Waals surface area contributed by atoms with E-state index in [-0.39, 0.29) is 5.69 Å². The summed E-state index contributed by atoms with van der Waals surface area (Å²) in [6.45, 7) is 3.79. The third-order valence-electron chi connectivity index (χ3n) is 3.12. The van der Waals surface area contributed by atoms with E-state index in [9.17, 15) is 10.1 Å². The van der Waals surface area contributed by atoms with Gasteiger partial charge in [0, 0.05) is 23.4 Å². The highest BCUT2D eigenvalue weighted by Crippen LogP contribution is 2.12. The molecule has 0 N–H and O–H groups in total. The second-order valence-corrected chi connectivity index (χ2v) is 4.91. The van der Waals surface area contributed by atoms with E-state index in [1.165, 1.54) is 29.4 Å². The van der Waals surface area contributed by atoms with Crippen LogP contribution in [0.15, 0.2) is 41.8 Å². The van der Waals surface area contributed by atoms with Gasteiger partial charge in [-0.2, -0.15) is 14.9 Å². The molecule has 0 atom stereocenters. The van der Waals surface area contributed by atoms with Crippen LogP contribution in [0.2, 0.25) is 0 Å². The number of rotatable bonds is 4. The molecule has 3 aromatic rings. The zero-order valence-corrected chi connectivity index (χ0v) is 12.5. The zero-order chi connectivity index (χ0) is 16.4. The first kappa shape index (κ1) is 14.6. The average molecular weight is 311 g/mol. The molecular weight excluding hydrogens is 298 g/mol. The van der Waals surface area contributed by atoms with Crippen LogP contribution in [-0.4, -0.2) is 35.8 Å². The first-order valence-electron chi connectivity index (χ1n) is 6.77. The molecule has 0 saturated carbocycles. The average Bonchev–Trinajstić information content (AvgIpc) is 3.11. The number of nitro benzene ring substituents is 1. The predicted octanol–water partition coefficient (Wildman–Crippen LogP) is 1.87. The molecule has 116 valence electrons. The molecule has 0 aliphatic heterocycles. The molecule has 9 heteroatoms. The van der Waals surface area contributed by atoms with Gasteiger partial charge in [0.1, 0.15) is 6.33 Å². The molecule has 0 aliphatic carbocycles. The maximum Gasteiger partial charge on any atom is 0.273 e. The van der Waals surface area contributed by atoms with E-state index in [0.717, 1.165) is 11.4 Å². The minimum atomic E-state index is -0.447. The van der Waals surface area contributed by atoms with Crippen molar-refractivity contribution in [3.05, 3.63) is 63.7 Å². The van der Waals surface area contributed by atoms with Gasteiger partial charge in [0.15, 0.2) is 0 Å². The number of hydrogen-bond donors (Lipinski definition) is 0. The number of aromatic nitrogens is 5.